The molecule has 0 saturated heterocycles. The number of anilines is 1. The maximum absolute atomic E-state index is 11.4. The number of carbonyl (C=O) groups excluding carboxylic acids is 1. The number of aliphatic hydroxyl groups is 1. The molecule has 0 saturated carbocycles. The van der Waals surface area contributed by atoms with Crippen LogP contribution in [-0.2, 0) is 4.79 Å². The number of hydrogen-bond acceptors (Lipinski definition) is 3. The summed E-state index contributed by atoms with van der Waals surface area (Å²) >= 11 is 0. The minimum absolute atomic E-state index is 0.201. The highest BCUT2D eigenvalue weighted by molar-refractivity contribution is 5.91. The minimum atomic E-state index is -0.526. The van der Waals surface area contributed by atoms with Crippen molar-refractivity contribution in [2.24, 2.45) is 0 Å². The van der Waals surface area contributed by atoms with E-state index in [9.17, 15) is 4.79 Å². The lowest BCUT2D eigenvalue weighted by molar-refractivity contribution is -0.116. The van der Waals surface area contributed by atoms with Crippen LogP contribution in [0.2, 0.25) is 0 Å². The number of nitrogens with zero attached hydrogens (tertiary/aromatic N) is 1. The van der Waals surface area contributed by atoms with Crippen molar-refractivity contribution in [1.82, 2.24) is 5.32 Å². The number of nitrogens with one attached hydrogen (secondary N) is 1. The first-order chi connectivity index (χ1) is 8.49. The van der Waals surface area contributed by atoms with Crippen LogP contribution in [0.5, 0.6) is 0 Å². The molecule has 4 nitrogen and oxygen atoms in total. The highest BCUT2D eigenvalue weighted by atomic mass is 16.3. The van der Waals surface area contributed by atoms with E-state index >= 15 is 0 Å². The van der Waals surface area contributed by atoms with Crippen molar-refractivity contribution < 1.29 is 9.90 Å². The molecule has 0 aromatic heterocycles. The molecular weight excluding hydrogens is 228 g/mol. The van der Waals surface area contributed by atoms with Crippen LogP contribution in [-0.4, -0.2) is 37.8 Å². The SMILES string of the molecule is C[C@H](O)CNC(=O)/C=C/c1ccc(N(C)C)cc1. The zero-order valence-electron chi connectivity index (χ0n) is 11.1. The average molecular weight is 248 g/mol. The molecule has 1 aromatic rings. The number of amides is 1. The first kappa shape index (κ1) is 14.3. The smallest absolute Gasteiger partial charge is 0.244 e. The molecule has 0 fully saturated rings. The summed E-state index contributed by atoms with van der Waals surface area (Å²) in [4.78, 5) is 13.4. The maximum Gasteiger partial charge on any atom is 0.244 e. The molecule has 4 heteroatoms. The van der Waals surface area contributed by atoms with Gasteiger partial charge in [-0.05, 0) is 30.7 Å². The fraction of sp³-hybridized carbons (Fsp3) is 0.357. The number of carbonyl (C=O) groups is 1. The molecule has 2 N–H and O–H groups in total. The van der Waals surface area contributed by atoms with Gasteiger partial charge in [-0.15, -0.1) is 0 Å². The molecule has 1 atom stereocenters. The van der Waals surface area contributed by atoms with Crippen molar-refractivity contribution in [3.05, 3.63) is 35.9 Å². The van der Waals surface area contributed by atoms with Gasteiger partial charge in [0.1, 0.15) is 0 Å². The van der Waals surface area contributed by atoms with Crippen molar-refractivity contribution in [2.45, 2.75) is 13.0 Å². The molecule has 0 aliphatic heterocycles. The van der Waals surface area contributed by atoms with E-state index in [-0.39, 0.29) is 12.5 Å². The standard InChI is InChI=1S/C14H20N2O2/c1-11(17)10-15-14(18)9-6-12-4-7-13(8-5-12)16(2)3/h4-9,11,17H,10H2,1-3H3,(H,15,18)/b9-6+/t11-/m0/s1. The van der Waals surface area contributed by atoms with Gasteiger partial charge in [0.25, 0.3) is 0 Å². The fourth-order valence-corrected chi connectivity index (χ4v) is 1.36. The van der Waals surface area contributed by atoms with Crippen LogP contribution in [0.1, 0.15) is 12.5 Å². The van der Waals surface area contributed by atoms with Crippen molar-refractivity contribution in [3.63, 3.8) is 0 Å². The summed E-state index contributed by atoms with van der Waals surface area (Å²) in [5, 5.41) is 11.6. The van der Waals surface area contributed by atoms with Gasteiger partial charge in [-0.3, -0.25) is 4.79 Å². The molecule has 1 aromatic carbocycles. The van der Waals surface area contributed by atoms with E-state index in [4.69, 9.17) is 5.11 Å². The molecule has 1 amide bonds. The zero-order chi connectivity index (χ0) is 13.5. The van der Waals surface area contributed by atoms with E-state index in [0.29, 0.717) is 0 Å². The lowest BCUT2D eigenvalue weighted by Crippen LogP contribution is -2.28. The maximum atomic E-state index is 11.4. The Labute approximate surface area is 108 Å². The monoisotopic (exact) mass is 248 g/mol. The highest BCUT2D eigenvalue weighted by Crippen LogP contribution is 2.12. The topological polar surface area (TPSA) is 52.6 Å². The van der Waals surface area contributed by atoms with Gasteiger partial charge in [-0.1, -0.05) is 12.1 Å². The van der Waals surface area contributed by atoms with Crippen LogP contribution < -0.4 is 10.2 Å². The van der Waals surface area contributed by atoms with Crippen LogP contribution in [0.4, 0.5) is 5.69 Å². The Hall–Kier alpha value is -1.81. The van der Waals surface area contributed by atoms with Crippen LogP contribution in [0, 0.1) is 0 Å². The Balaban J connectivity index is 2.53. The predicted octanol–water partition coefficient (Wildman–Crippen LogP) is 1.26. The van der Waals surface area contributed by atoms with Gasteiger partial charge in [-0.25, -0.2) is 0 Å². The third-order valence-electron chi connectivity index (χ3n) is 2.41. The van der Waals surface area contributed by atoms with Crippen LogP contribution in [0.25, 0.3) is 6.08 Å². The van der Waals surface area contributed by atoms with E-state index in [1.807, 2.05) is 43.3 Å². The Bertz CT molecular complexity index is 408. The van der Waals surface area contributed by atoms with Crippen molar-refractivity contribution >= 4 is 17.7 Å². The summed E-state index contributed by atoms with van der Waals surface area (Å²) in [6.45, 7) is 1.90. The van der Waals surface area contributed by atoms with Crippen LogP contribution in [0.15, 0.2) is 30.3 Å². The van der Waals surface area contributed by atoms with Gasteiger partial charge in [0.05, 0.1) is 6.10 Å². The highest BCUT2D eigenvalue weighted by Gasteiger charge is 1.98. The predicted molar refractivity (Wildman–Crippen MR) is 74.5 cm³/mol. The van der Waals surface area contributed by atoms with E-state index in [1.165, 1.54) is 6.08 Å². The second-order valence-electron chi connectivity index (χ2n) is 4.41. The first-order valence-corrected chi connectivity index (χ1v) is 5.90. The zero-order valence-corrected chi connectivity index (χ0v) is 11.1. The van der Waals surface area contributed by atoms with Gasteiger partial charge in [0.15, 0.2) is 0 Å². The van der Waals surface area contributed by atoms with E-state index in [1.54, 1.807) is 13.0 Å². The lowest BCUT2D eigenvalue weighted by Gasteiger charge is -2.11. The van der Waals surface area contributed by atoms with Crippen molar-refractivity contribution in [1.29, 1.82) is 0 Å². The number of rotatable bonds is 5. The lowest BCUT2D eigenvalue weighted by atomic mass is 10.2. The molecular formula is C14H20N2O2. The number of benzene rings is 1. The third kappa shape index (κ3) is 5.01. The Kier molecular flexibility index (Phi) is 5.39. The van der Waals surface area contributed by atoms with E-state index in [2.05, 4.69) is 5.32 Å². The summed E-state index contributed by atoms with van der Waals surface area (Å²) < 4.78 is 0. The third-order valence-corrected chi connectivity index (χ3v) is 2.41. The minimum Gasteiger partial charge on any atom is -0.392 e. The molecule has 18 heavy (non-hydrogen) atoms. The molecule has 0 spiro atoms. The summed E-state index contributed by atoms with van der Waals surface area (Å²) in [5.41, 5.74) is 2.08. The van der Waals surface area contributed by atoms with Crippen LogP contribution in [0.3, 0.4) is 0 Å². The molecule has 0 radical (unpaired) electrons. The second kappa shape index (κ2) is 6.81. The fourth-order valence-electron chi connectivity index (χ4n) is 1.36. The number of aliphatic hydroxyl groups excluding tert-OH is 1. The summed E-state index contributed by atoms with van der Waals surface area (Å²) in [7, 11) is 3.96. The normalized spacial score (nSPS) is 12.4. The van der Waals surface area contributed by atoms with Crippen molar-refractivity contribution in [3.8, 4) is 0 Å². The molecule has 0 aliphatic rings. The van der Waals surface area contributed by atoms with Crippen molar-refractivity contribution in [2.75, 3.05) is 25.5 Å². The summed E-state index contributed by atoms with van der Waals surface area (Å²) in [6, 6.07) is 7.89. The second-order valence-corrected chi connectivity index (χ2v) is 4.41. The van der Waals surface area contributed by atoms with Gasteiger partial charge >= 0.3 is 0 Å². The van der Waals surface area contributed by atoms with Crippen LogP contribution >= 0.6 is 0 Å². The molecule has 98 valence electrons. The molecule has 0 aliphatic carbocycles. The largest absolute Gasteiger partial charge is 0.392 e. The molecule has 0 bridgehead atoms. The van der Waals surface area contributed by atoms with Gasteiger partial charge in [0, 0.05) is 32.4 Å². The summed E-state index contributed by atoms with van der Waals surface area (Å²) in [5.74, 6) is -0.201. The Morgan fingerprint density at radius 1 is 1.39 bits per heavy atom. The molecule has 0 unspecified atom stereocenters. The summed E-state index contributed by atoms with van der Waals surface area (Å²) in [6.07, 6.45) is 2.69. The van der Waals surface area contributed by atoms with Gasteiger partial charge in [0.2, 0.25) is 5.91 Å². The van der Waals surface area contributed by atoms with Gasteiger partial charge in [-0.2, -0.15) is 0 Å². The number of hydrogen-bond donors (Lipinski definition) is 2. The molecule has 1 rings (SSSR count). The molecule has 0 heterocycles. The van der Waals surface area contributed by atoms with Gasteiger partial charge < -0.3 is 15.3 Å². The first-order valence-electron chi connectivity index (χ1n) is 5.90. The average Bonchev–Trinajstić information content (AvgIpc) is 2.34. The Morgan fingerprint density at radius 3 is 2.50 bits per heavy atom. The van der Waals surface area contributed by atoms with E-state index < -0.39 is 6.10 Å². The Morgan fingerprint density at radius 2 is 2.00 bits per heavy atom. The van der Waals surface area contributed by atoms with E-state index in [0.717, 1.165) is 11.3 Å². The quantitative estimate of drug-likeness (QED) is 0.771.